The molecule has 2 aliphatic rings. The van der Waals surface area contributed by atoms with E-state index in [9.17, 15) is 4.79 Å². The predicted octanol–water partition coefficient (Wildman–Crippen LogP) is 1.92. The van der Waals surface area contributed by atoms with Crippen molar-refractivity contribution in [3.8, 4) is 11.3 Å². The van der Waals surface area contributed by atoms with Gasteiger partial charge in [-0.3, -0.25) is 4.79 Å². The number of aromatic nitrogens is 2. The fraction of sp³-hybridized carbons (Fsp3) is 0.450. The Kier molecular flexibility index (Phi) is 4.84. The van der Waals surface area contributed by atoms with Gasteiger partial charge in [-0.15, -0.1) is 10.2 Å². The average molecular weight is 351 g/mol. The fourth-order valence-corrected chi connectivity index (χ4v) is 4.25. The number of hydrogen-bond acceptors (Lipinski definition) is 5. The third kappa shape index (κ3) is 3.29. The molecule has 4 rings (SSSR count). The fourth-order valence-electron chi connectivity index (χ4n) is 4.25. The molecule has 6 heteroatoms. The van der Waals surface area contributed by atoms with E-state index < -0.39 is 0 Å². The molecule has 0 saturated carbocycles. The summed E-state index contributed by atoms with van der Waals surface area (Å²) in [4.78, 5) is 16.5. The number of carbonyl (C=O) groups excluding carboxylic acids is 1. The number of benzene rings is 1. The van der Waals surface area contributed by atoms with Gasteiger partial charge in [0.15, 0.2) is 5.82 Å². The van der Waals surface area contributed by atoms with Crippen LogP contribution in [-0.4, -0.2) is 53.2 Å². The molecule has 6 nitrogen and oxygen atoms in total. The first-order chi connectivity index (χ1) is 12.8. The Bertz CT molecular complexity index is 749. The zero-order valence-corrected chi connectivity index (χ0v) is 14.9. The molecule has 0 bridgehead atoms. The molecule has 0 unspecified atom stereocenters. The maximum atomic E-state index is 12.2. The van der Waals surface area contributed by atoms with E-state index in [1.54, 1.807) is 0 Å². The summed E-state index contributed by atoms with van der Waals surface area (Å²) in [5.41, 5.74) is 7.67. The van der Waals surface area contributed by atoms with E-state index >= 15 is 0 Å². The van der Waals surface area contributed by atoms with Crippen LogP contribution in [0.15, 0.2) is 42.5 Å². The maximum absolute atomic E-state index is 12.2. The number of nitrogens with zero attached hydrogens (tertiary/aromatic N) is 4. The van der Waals surface area contributed by atoms with Crippen molar-refractivity contribution in [2.45, 2.75) is 25.3 Å². The second-order valence-corrected chi connectivity index (χ2v) is 7.12. The molecule has 2 N–H and O–H groups in total. The first-order valence-electron chi connectivity index (χ1n) is 9.40. The second kappa shape index (κ2) is 7.41. The molecule has 2 atom stereocenters. The monoisotopic (exact) mass is 351 g/mol. The molecular formula is C20H25N5O. The van der Waals surface area contributed by atoms with Crippen molar-refractivity contribution in [2.75, 3.05) is 31.1 Å². The van der Waals surface area contributed by atoms with Crippen LogP contribution in [0.2, 0.25) is 0 Å². The Labute approximate surface area is 154 Å². The lowest BCUT2D eigenvalue weighted by atomic mass is 9.83. The van der Waals surface area contributed by atoms with Crippen LogP contribution in [0.3, 0.4) is 0 Å². The van der Waals surface area contributed by atoms with Crippen molar-refractivity contribution in [1.82, 2.24) is 15.1 Å². The average Bonchev–Trinajstić information content (AvgIpc) is 2.71. The van der Waals surface area contributed by atoms with Gasteiger partial charge < -0.3 is 15.5 Å². The molecule has 0 aliphatic carbocycles. The zero-order valence-electron chi connectivity index (χ0n) is 14.9. The Morgan fingerprint density at radius 2 is 1.92 bits per heavy atom. The third-order valence-electron chi connectivity index (χ3n) is 5.56. The first-order valence-corrected chi connectivity index (χ1v) is 9.40. The molecule has 1 aromatic carbocycles. The van der Waals surface area contributed by atoms with E-state index in [0.717, 1.165) is 43.0 Å². The smallest absolute Gasteiger partial charge is 0.222 e. The van der Waals surface area contributed by atoms with E-state index in [2.05, 4.69) is 21.2 Å². The summed E-state index contributed by atoms with van der Waals surface area (Å²) < 4.78 is 0. The number of hydrogen-bond donors (Lipinski definition) is 1. The minimum Gasteiger partial charge on any atom is -0.355 e. The van der Waals surface area contributed by atoms with Crippen LogP contribution < -0.4 is 10.6 Å². The number of piperidine rings is 2. The molecule has 0 radical (unpaired) electrons. The van der Waals surface area contributed by atoms with Gasteiger partial charge in [-0.2, -0.15) is 0 Å². The number of likely N-dealkylation sites (tertiary alicyclic amines) is 1. The van der Waals surface area contributed by atoms with Gasteiger partial charge in [0.05, 0.1) is 5.69 Å². The van der Waals surface area contributed by atoms with E-state index in [1.807, 2.05) is 41.3 Å². The number of carbonyl (C=O) groups is 1. The van der Waals surface area contributed by atoms with Crippen LogP contribution in [-0.2, 0) is 4.79 Å². The molecule has 2 aromatic rings. The normalized spacial score (nSPS) is 23.0. The predicted molar refractivity (Wildman–Crippen MR) is 102 cm³/mol. The lowest BCUT2D eigenvalue weighted by Crippen LogP contribution is -2.57. The van der Waals surface area contributed by atoms with Gasteiger partial charge in [0.25, 0.3) is 0 Å². The minimum absolute atomic E-state index is 0.261. The molecule has 2 saturated heterocycles. The summed E-state index contributed by atoms with van der Waals surface area (Å²) in [6.45, 7) is 3.03. The highest BCUT2D eigenvalue weighted by molar-refractivity contribution is 5.77. The Balaban J connectivity index is 1.46. The number of anilines is 1. The first kappa shape index (κ1) is 17.0. The topological polar surface area (TPSA) is 75.3 Å². The van der Waals surface area contributed by atoms with E-state index in [1.165, 1.54) is 0 Å². The Morgan fingerprint density at radius 1 is 1.08 bits per heavy atom. The maximum Gasteiger partial charge on any atom is 0.222 e. The standard InChI is InChI=1S/C20H25N5O/c21-11-13-25-18-10-12-24(14-16(18)6-9-20(25)26)19-8-7-17(22-23-19)15-4-2-1-3-5-15/h1-5,7-8,16,18H,6,9-14,21H2/t16-,18+/m0/s1. The lowest BCUT2D eigenvalue weighted by molar-refractivity contribution is -0.139. The molecule has 26 heavy (non-hydrogen) atoms. The zero-order chi connectivity index (χ0) is 17.9. The number of rotatable bonds is 4. The summed E-state index contributed by atoms with van der Waals surface area (Å²) in [7, 11) is 0. The summed E-state index contributed by atoms with van der Waals surface area (Å²) >= 11 is 0. The summed E-state index contributed by atoms with van der Waals surface area (Å²) in [6, 6.07) is 14.5. The van der Waals surface area contributed by atoms with Crippen LogP contribution in [0.4, 0.5) is 5.82 Å². The quantitative estimate of drug-likeness (QED) is 0.911. The SMILES string of the molecule is NCCN1C(=O)CC[C@H]2CN(c3ccc(-c4ccccc4)nn3)CC[C@H]21. The van der Waals surface area contributed by atoms with Crippen molar-refractivity contribution in [3.63, 3.8) is 0 Å². The van der Waals surface area contributed by atoms with Crippen molar-refractivity contribution in [3.05, 3.63) is 42.5 Å². The minimum atomic E-state index is 0.261. The van der Waals surface area contributed by atoms with Crippen LogP contribution >= 0.6 is 0 Å². The molecule has 136 valence electrons. The van der Waals surface area contributed by atoms with E-state index in [4.69, 9.17) is 5.73 Å². The van der Waals surface area contributed by atoms with Crippen LogP contribution in [0.5, 0.6) is 0 Å². The summed E-state index contributed by atoms with van der Waals surface area (Å²) in [5.74, 6) is 1.67. The van der Waals surface area contributed by atoms with Gasteiger partial charge in [-0.1, -0.05) is 30.3 Å². The molecule has 1 aromatic heterocycles. The van der Waals surface area contributed by atoms with Crippen molar-refractivity contribution in [1.29, 1.82) is 0 Å². The molecule has 1 amide bonds. The molecule has 2 fully saturated rings. The summed E-state index contributed by atoms with van der Waals surface area (Å²) in [5, 5.41) is 8.87. The van der Waals surface area contributed by atoms with Crippen molar-refractivity contribution in [2.24, 2.45) is 11.7 Å². The van der Waals surface area contributed by atoms with Gasteiger partial charge >= 0.3 is 0 Å². The second-order valence-electron chi connectivity index (χ2n) is 7.12. The summed E-state index contributed by atoms with van der Waals surface area (Å²) in [6.07, 6.45) is 2.56. The third-order valence-corrected chi connectivity index (χ3v) is 5.56. The van der Waals surface area contributed by atoms with Gasteiger partial charge in [0.2, 0.25) is 5.91 Å². The largest absolute Gasteiger partial charge is 0.355 e. The van der Waals surface area contributed by atoms with Crippen molar-refractivity contribution >= 4 is 11.7 Å². The van der Waals surface area contributed by atoms with Crippen molar-refractivity contribution < 1.29 is 4.79 Å². The van der Waals surface area contributed by atoms with E-state index in [-0.39, 0.29) is 5.91 Å². The highest BCUT2D eigenvalue weighted by Gasteiger charge is 2.39. The van der Waals surface area contributed by atoms with Crippen LogP contribution in [0.1, 0.15) is 19.3 Å². The number of nitrogens with two attached hydrogens (primary N) is 1. The molecule has 0 spiro atoms. The van der Waals surface area contributed by atoms with Gasteiger partial charge in [0.1, 0.15) is 0 Å². The Hall–Kier alpha value is -2.47. The molecule has 3 heterocycles. The van der Waals surface area contributed by atoms with E-state index in [0.29, 0.717) is 31.5 Å². The molecular weight excluding hydrogens is 326 g/mol. The van der Waals surface area contributed by atoms with Crippen LogP contribution in [0.25, 0.3) is 11.3 Å². The number of amides is 1. The van der Waals surface area contributed by atoms with Crippen LogP contribution in [0, 0.1) is 5.92 Å². The van der Waals surface area contributed by atoms with Gasteiger partial charge in [-0.05, 0) is 30.9 Å². The lowest BCUT2D eigenvalue weighted by Gasteiger charge is -2.47. The highest BCUT2D eigenvalue weighted by Crippen LogP contribution is 2.32. The Morgan fingerprint density at radius 3 is 2.65 bits per heavy atom. The highest BCUT2D eigenvalue weighted by atomic mass is 16.2. The van der Waals surface area contributed by atoms with Gasteiger partial charge in [-0.25, -0.2) is 0 Å². The van der Waals surface area contributed by atoms with Gasteiger partial charge in [0, 0.05) is 44.2 Å². The number of fused-ring (bicyclic) bond motifs is 1. The molecule has 2 aliphatic heterocycles.